The number of amides is 2. The summed E-state index contributed by atoms with van der Waals surface area (Å²) in [6.45, 7) is 2.04. The third kappa shape index (κ3) is 3.59. The Morgan fingerprint density at radius 3 is 2.67 bits per heavy atom. The van der Waals surface area contributed by atoms with Crippen molar-refractivity contribution in [2.24, 2.45) is 7.05 Å². The van der Waals surface area contributed by atoms with Crippen LogP contribution in [-0.2, 0) is 13.6 Å². The summed E-state index contributed by atoms with van der Waals surface area (Å²) in [6.07, 6.45) is 1.66. The molecule has 2 aromatic rings. The maximum atomic E-state index is 11.8. The van der Waals surface area contributed by atoms with Crippen LogP contribution in [0, 0.1) is 6.92 Å². The van der Waals surface area contributed by atoms with Crippen LogP contribution in [0.25, 0.3) is 0 Å². The van der Waals surface area contributed by atoms with Crippen LogP contribution < -0.4 is 10.6 Å². The molecule has 3 N–H and O–H groups in total. The van der Waals surface area contributed by atoms with Gasteiger partial charge in [0, 0.05) is 18.9 Å². The van der Waals surface area contributed by atoms with Gasteiger partial charge >= 0.3 is 12.0 Å². The first kappa shape index (κ1) is 14.6. The second-order valence-electron chi connectivity index (χ2n) is 4.59. The summed E-state index contributed by atoms with van der Waals surface area (Å²) in [5.41, 5.74) is 2.23. The monoisotopic (exact) mass is 288 g/mol. The molecular formula is C14H16N4O3. The number of carboxylic acids is 1. The van der Waals surface area contributed by atoms with E-state index in [0.29, 0.717) is 17.8 Å². The molecule has 0 saturated heterocycles. The number of hydrogen-bond acceptors (Lipinski definition) is 3. The highest BCUT2D eigenvalue weighted by atomic mass is 16.4. The van der Waals surface area contributed by atoms with Gasteiger partial charge in [-0.2, -0.15) is 5.10 Å². The molecule has 1 heterocycles. The van der Waals surface area contributed by atoms with Crippen LogP contribution >= 0.6 is 0 Å². The Kier molecular flexibility index (Phi) is 4.22. The van der Waals surface area contributed by atoms with Crippen molar-refractivity contribution in [3.63, 3.8) is 0 Å². The highest BCUT2D eigenvalue weighted by Crippen LogP contribution is 2.15. The Morgan fingerprint density at radius 1 is 1.33 bits per heavy atom. The van der Waals surface area contributed by atoms with Crippen molar-refractivity contribution in [1.82, 2.24) is 15.1 Å². The number of carbonyl (C=O) groups is 2. The highest BCUT2D eigenvalue weighted by Gasteiger charge is 2.09. The van der Waals surface area contributed by atoms with E-state index in [-0.39, 0.29) is 11.6 Å². The minimum Gasteiger partial charge on any atom is -0.478 e. The number of aryl methyl sites for hydroxylation is 2. The van der Waals surface area contributed by atoms with E-state index in [2.05, 4.69) is 15.7 Å². The number of rotatable bonds is 4. The summed E-state index contributed by atoms with van der Waals surface area (Å²) in [4.78, 5) is 22.7. The number of aromatic carboxylic acids is 1. The first-order valence-corrected chi connectivity index (χ1v) is 6.33. The molecule has 0 bridgehead atoms. The van der Waals surface area contributed by atoms with Crippen LogP contribution in [0.4, 0.5) is 10.5 Å². The number of urea groups is 1. The fourth-order valence-corrected chi connectivity index (χ4v) is 1.90. The topological polar surface area (TPSA) is 96.3 Å². The van der Waals surface area contributed by atoms with Crippen molar-refractivity contribution < 1.29 is 14.7 Å². The molecule has 7 heteroatoms. The number of nitrogens with zero attached hydrogens (tertiary/aromatic N) is 2. The van der Waals surface area contributed by atoms with Gasteiger partial charge in [-0.25, -0.2) is 9.59 Å². The summed E-state index contributed by atoms with van der Waals surface area (Å²) in [6, 6.07) is 6.09. The van der Waals surface area contributed by atoms with Crippen molar-refractivity contribution in [3.8, 4) is 0 Å². The predicted octanol–water partition coefficient (Wildman–Crippen LogP) is 1.75. The number of anilines is 1. The van der Waals surface area contributed by atoms with Gasteiger partial charge in [0.05, 0.1) is 17.8 Å². The molecule has 110 valence electrons. The molecule has 21 heavy (non-hydrogen) atoms. The van der Waals surface area contributed by atoms with Crippen LogP contribution in [0.15, 0.2) is 30.5 Å². The number of hydrogen-bond donors (Lipinski definition) is 3. The second-order valence-corrected chi connectivity index (χ2v) is 4.59. The average molecular weight is 288 g/mol. The maximum absolute atomic E-state index is 11.8. The predicted molar refractivity (Wildman–Crippen MR) is 77.2 cm³/mol. The fourth-order valence-electron chi connectivity index (χ4n) is 1.90. The normalized spacial score (nSPS) is 10.2. The summed E-state index contributed by atoms with van der Waals surface area (Å²) in [7, 11) is 1.79. The number of carbonyl (C=O) groups excluding carboxylic acids is 1. The Morgan fingerprint density at radius 2 is 2.10 bits per heavy atom. The number of aromatic nitrogens is 2. The molecule has 0 radical (unpaired) electrons. The van der Waals surface area contributed by atoms with Crippen LogP contribution in [0.3, 0.4) is 0 Å². The lowest BCUT2D eigenvalue weighted by Gasteiger charge is -2.09. The minimum atomic E-state index is -0.986. The second kappa shape index (κ2) is 6.08. The molecule has 7 nitrogen and oxygen atoms in total. The highest BCUT2D eigenvalue weighted by molar-refractivity contribution is 5.92. The van der Waals surface area contributed by atoms with Crippen LogP contribution in [0.5, 0.6) is 0 Å². The van der Waals surface area contributed by atoms with E-state index >= 15 is 0 Å². The molecule has 0 unspecified atom stereocenters. The molecular weight excluding hydrogens is 272 g/mol. The largest absolute Gasteiger partial charge is 0.478 e. The zero-order valence-electron chi connectivity index (χ0n) is 11.8. The molecule has 1 aromatic heterocycles. The number of nitrogens with one attached hydrogen (secondary N) is 2. The van der Waals surface area contributed by atoms with E-state index < -0.39 is 5.97 Å². The first-order chi connectivity index (χ1) is 9.97. The van der Waals surface area contributed by atoms with Gasteiger partial charge in [-0.3, -0.25) is 4.68 Å². The molecule has 0 aliphatic rings. The van der Waals surface area contributed by atoms with E-state index in [0.717, 1.165) is 5.69 Å². The van der Waals surface area contributed by atoms with Gasteiger partial charge in [0.25, 0.3) is 0 Å². The standard InChI is InChI=1S/C14H16N4O3/c1-9-7-10(3-4-12(9)13(19)20)17-14(21)15-8-11-5-6-16-18(11)2/h3-7H,8H2,1-2H3,(H,19,20)(H2,15,17,21). The molecule has 2 amide bonds. The van der Waals surface area contributed by atoms with E-state index in [1.165, 1.54) is 6.07 Å². The number of carboxylic acid groups (broad SMARTS) is 1. The molecule has 0 atom stereocenters. The zero-order chi connectivity index (χ0) is 15.4. The summed E-state index contributed by atoms with van der Waals surface area (Å²) >= 11 is 0. The lowest BCUT2D eigenvalue weighted by molar-refractivity contribution is 0.0696. The van der Waals surface area contributed by atoms with Gasteiger partial charge in [0.2, 0.25) is 0 Å². The SMILES string of the molecule is Cc1cc(NC(=O)NCc2ccnn2C)ccc1C(=O)O. The molecule has 0 fully saturated rings. The Hall–Kier alpha value is -2.83. The molecule has 0 aliphatic heterocycles. The zero-order valence-corrected chi connectivity index (χ0v) is 11.8. The molecule has 1 aromatic carbocycles. The Bertz CT molecular complexity index is 679. The molecule has 0 saturated carbocycles. The quantitative estimate of drug-likeness (QED) is 0.798. The van der Waals surface area contributed by atoms with E-state index in [4.69, 9.17) is 5.11 Å². The summed E-state index contributed by atoms with van der Waals surface area (Å²) in [5.74, 6) is -0.986. The number of benzene rings is 1. The van der Waals surface area contributed by atoms with Crippen molar-refractivity contribution in [2.45, 2.75) is 13.5 Å². The third-order valence-corrected chi connectivity index (χ3v) is 3.07. The van der Waals surface area contributed by atoms with Crippen molar-refractivity contribution in [1.29, 1.82) is 0 Å². The van der Waals surface area contributed by atoms with Crippen LogP contribution in [-0.4, -0.2) is 26.9 Å². The van der Waals surface area contributed by atoms with Crippen molar-refractivity contribution in [3.05, 3.63) is 47.3 Å². The third-order valence-electron chi connectivity index (χ3n) is 3.07. The first-order valence-electron chi connectivity index (χ1n) is 6.33. The Balaban J connectivity index is 1.95. The van der Waals surface area contributed by atoms with Gasteiger partial charge in [-0.1, -0.05) is 0 Å². The summed E-state index contributed by atoms with van der Waals surface area (Å²) < 4.78 is 1.67. The van der Waals surface area contributed by atoms with Gasteiger partial charge in [0.1, 0.15) is 0 Å². The van der Waals surface area contributed by atoms with Gasteiger partial charge in [-0.15, -0.1) is 0 Å². The molecule has 2 rings (SSSR count). The summed E-state index contributed by atoms with van der Waals surface area (Å²) in [5, 5.41) is 18.3. The Labute approximate surface area is 121 Å². The maximum Gasteiger partial charge on any atom is 0.335 e. The van der Waals surface area contributed by atoms with E-state index in [1.54, 1.807) is 37.0 Å². The van der Waals surface area contributed by atoms with Gasteiger partial charge in [-0.05, 0) is 36.8 Å². The molecule has 0 spiro atoms. The lowest BCUT2D eigenvalue weighted by atomic mass is 10.1. The van der Waals surface area contributed by atoms with Crippen molar-refractivity contribution in [2.75, 3.05) is 5.32 Å². The molecule has 0 aliphatic carbocycles. The van der Waals surface area contributed by atoms with Crippen LogP contribution in [0.2, 0.25) is 0 Å². The lowest BCUT2D eigenvalue weighted by Crippen LogP contribution is -2.29. The average Bonchev–Trinajstić information content (AvgIpc) is 2.81. The van der Waals surface area contributed by atoms with E-state index in [1.807, 2.05) is 6.07 Å². The minimum absolute atomic E-state index is 0.218. The van der Waals surface area contributed by atoms with E-state index in [9.17, 15) is 9.59 Å². The smallest absolute Gasteiger partial charge is 0.335 e. The van der Waals surface area contributed by atoms with Crippen molar-refractivity contribution >= 4 is 17.7 Å². The fraction of sp³-hybridized carbons (Fsp3) is 0.214. The van der Waals surface area contributed by atoms with Gasteiger partial charge in [0.15, 0.2) is 0 Å². The van der Waals surface area contributed by atoms with Gasteiger partial charge < -0.3 is 15.7 Å². The van der Waals surface area contributed by atoms with Crippen LogP contribution in [0.1, 0.15) is 21.6 Å².